The molecule has 0 amide bonds. The predicted molar refractivity (Wildman–Crippen MR) is 63.5 cm³/mol. The van der Waals surface area contributed by atoms with Crippen LogP contribution >= 0.6 is 0 Å². The molecule has 0 saturated heterocycles. The maximum Gasteiger partial charge on any atom is 0.105 e. The summed E-state index contributed by atoms with van der Waals surface area (Å²) in [7, 11) is 1.83. The summed E-state index contributed by atoms with van der Waals surface area (Å²) in [6.45, 7) is 3.10. The normalized spacial score (nSPS) is 20.4. The van der Waals surface area contributed by atoms with Gasteiger partial charge in [-0.05, 0) is 37.9 Å². The van der Waals surface area contributed by atoms with Crippen LogP contribution in [0, 0.1) is 0 Å². The topological polar surface area (TPSA) is 34.4 Å². The highest BCUT2D eigenvalue weighted by molar-refractivity contribution is 5.07. The third kappa shape index (κ3) is 2.15. The van der Waals surface area contributed by atoms with Crippen LogP contribution in [0.25, 0.3) is 0 Å². The Labute approximate surface area is 97.2 Å². The summed E-state index contributed by atoms with van der Waals surface area (Å²) in [4.78, 5) is 0. The smallest absolute Gasteiger partial charge is 0.105 e. The molecule has 1 atom stereocenters. The zero-order valence-electron chi connectivity index (χ0n) is 10.2. The van der Waals surface area contributed by atoms with E-state index in [-0.39, 0.29) is 5.60 Å². The van der Waals surface area contributed by atoms with E-state index in [1.165, 1.54) is 6.42 Å². The van der Waals surface area contributed by atoms with Crippen molar-refractivity contribution in [3.05, 3.63) is 24.2 Å². The fourth-order valence-electron chi connectivity index (χ4n) is 2.54. The molecule has 1 aliphatic carbocycles. The van der Waals surface area contributed by atoms with Gasteiger partial charge >= 0.3 is 0 Å². The molecule has 0 bridgehead atoms. The van der Waals surface area contributed by atoms with Crippen LogP contribution in [0.2, 0.25) is 0 Å². The Bertz CT molecular complexity index is 298. The van der Waals surface area contributed by atoms with Crippen LogP contribution in [0.5, 0.6) is 0 Å². The van der Waals surface area contributed by atoms with Crippen LogP contribution in [-0.2, 0) is 11.2 Å². The third-order valence-electron chi connectivity index (χ3n) is 3.68. The summed E-state index contributed by atoms with van der Waals surface area (Å²) in [5, 5.41) is 3.53. The van der Waals surface area contributed by atoms with E-state index in [0.717, 1.165) is 31.6 Å². The Morgan fingerprint density at radius 2 is 2.38 bits per heavy atom. The molecule has 16 heavy (non-hydrogen) atoms. The molecule has 1 aromatic heterocycles. The number of hydrogen-bond acceptors (Lipinski definition) is 3. The Morgan fingerprint density at radius 3 is 2.81 bits per heavy atom. The molecule has 1 fully saturated rings. The fraction of sp³-hybridized carbons (Fsp3) is 0.692. The second kappa shape index (κ2) is 5.02. The van der Waals surface area contributed by atoms with Crippen molar-refractivity contribution in [1.29, 1.82) is 0 Å². The molecule has 0 spiro atoms. The molecule has 3 heteroatoms. The van der Waals surface area contributed by atoms with Gasteiger partial charge in [-0.15, -0.1) is 0 Å². The van der Waals surface area contributed by atoms with Gasteiger partial charge in [-0.1, -0.05) is 6.92 Å². The average molecular weight is 223 g/mol. The van der Waals surface area contributed by atoms with Crippen molar-refractivity contribution in [2.24, 2.45) is 0 Å². The van der Waals surface area contributed by atoms with E-state index in [1.54, 1.807) is 6.26 Å². The molecule has 0 radical (unpaired) electrons. The van der Waals surface area contributed by atoms with Crippen LogP contribution in [0.1, 0.15) is 31.9 Å². The molecule has 0 aromatic carbocycles. The maximum absolute atomic E-state index is 5.73. The lowest BCUT2D eigenvalue weighted by molar-refractivity contribution is -0.0986. The van der Waals surface area contributed by atoms with Crippen LogP contribution in [-0.4, -0.2) is 25.3 Å². The van der Waals surface area contributed by atoms with Gasteiger partial charge in [0.05, 0.1) is 11.9 Å². The van der Waals surface area contributed by atoms with Crippen LogP contribution in [0.15, 0.2) is 22.8 Å². The lowest BCUT2D eigenvalue weighted by atomic mass is 9.73. The monoisotopic (exact) mass is 223 g/mol. The van der Waals surface area contributed by atoms with Crippen molar-refractivity contribution < 1.29 is 9.15 Å². The Balaban J connectivity index is 2.04. The van der Waals surface area contributed by atoms with Gasteiger partial charge in [0.15, 0.2) is 0 Å². The lowest BCUT2D eigenvalue weighted by Gasteiger charge is -2.46. The summed E-state index contributed by atoms with van der Waals surface area (Å²) >= 11 is 0. The highest BCUT2D eigenvalue weighted by Crippen LogP contribution is 2.39. The minimum atomic E-state index is 0.0306. The lowest BCUT2D eigenvalue weighted by Crippen LogP contribution is -2.57. The zero-order chi connectivity index (χ0) is 11.4. The number of furan rings is 1. The zero-order valence-corrected chi connectivity index (χ0v) is 10.2. The second-order valence-corrected chi connectivity index (χ2v) is 4.52. The molecule has 0 aliphatic heterocycles. The maximum atomic E-state index is 5.73. The summed E-state index contributed by atoms with van der Waals surface area (Å²) in [5.74, 6) is 1.04. The second-order valence-electron chi connectivity index (χ2n) is 4.52. The predicted octanol–water partition coefficient (Wildman–Crippen LogP) is 2.37. The highest BCUT2D eigenvalue weighted by Gasteiger charge is 2.44. The van der Waals surface area contributed by atoms with Crippen molar-refractivity contribution >= 4 is 0 Å². The Hall–Kier alpha value is -0.800. The van der Waals surface area contributed by atoms with E-state index in [0.29, 0.717) is 6.04 Å². The van der Waals surface area contributed by atoms with Crippen molar-refractivity contribution in [1.82, 2.24) is 5.32 Å². The summed E-state index contributed by atoms with van der Waals surface area (Å²) < 4.78 is 11.2. The number of likely N-dealkylation sites (N-methyl/N-ethyl adjacent to an activating group) is 1. The van der Waals surface area contributed by atoms with Gasteiger partial charge in [0.25, 0.3) is 0 Å². The van der Waals surface area contributed by atoms with E-state index in [1.807, 2.05) is 19.2 Å². The van der Waals surface area contributed by atoms with E-state index in [4.69, 9.17) is 9.15 Å². The molecule has 1 aromatic rings. The molecule has 90 valence electrons. The van der Waals surface area contributed by atoms with Crippen LogP contribution in [0.3, 0.4) is 0 Å². The van der Waals surface area contributed by atoms with Gasteiger partial charge in [-0.2, -0.15) is 0 Å². The first-order chi connectivity index (χ1) is 7.80. The first kappa shape index (κ1) is 11.7. The summed E-state index contributed by atoms with van der Waals surface area (Å²) in [5.41, 5.74) is 0.0306. The van der Waals surface area contributed by atoms with E-state index < -0.39 is 0 Å². The third-order valence-corrected chi connectivity index (χ3v) is 3.68. The molecule has 2 rings (SSSR count). The number of ether oxygens (including phenoxy) is 1. The number of hydrogen-bond donors (Lipinski definition) is 1. The van der Waals surface area contributed by atoms with Gasteiger partial charge in [0.1, 0.15) is 5.76 Å². The minimum Gasteiger partial charge on any atom is -0.469 e. The number of rotatable bonds is 6. The molecular weight excluding hydrogens is 202 g/mol. The molecular formula is C13H21NO2. The van der Waals surface area contributed by atoms with Gasteiger partial charge in [0, 0.05) is 19.6 Å². The van der Waals surface area contributed by atoms with E-state index in [9.17, 15) is 0 Å². The van der Waals surface area contributed by atoms with E-state index in [2.05, 4.69) is 12.2 Å². The highest BCUT2D eigenvalue weighted by atomic mass is 16.5. The van der Waals surface area contributed by atoms with Crippen LogP contribution < -0.4 is 5.32 Å². The Morgan fingerprint density at radius 1 is 1.56 bits per heavy atom. The van der Waals surface area contributed by atoms with Crippen molar-refractivity contribution in [3.8, 4) is 0 Å². The molecule has 1 saturated carbocycles. The minimum absolute atomic E-state index is 0.0306. The first-order valence-electron chi connectivity index (χ1n) is 6.11. The molecule has 3 nitrogen and oxygen atoms in total. The van der Waals surface area contributed by atoms with Gasteiger partial charge in [-0.3, -0.25) is 0 Å². The number of methoxy groups -OCH3 is 1. The SMILES string of the molecule is CCNC(Cc1ccco1)C1(OC)CCC1. The average Bonchev–Trinajstić information content (AvgIpc) is 2.70. The molecule has 1 aliphatic rings. The Kier molecular flexibility index (Phi) is 3.66. The van der Waals surface area contributed by atoms with Crippen LogP contribution in [0.4, 0.5) is 0 Å². The summed E-state index contributed by atoms with van der Waals surface area (Å²) in [6.07, 6.45) is 6.23. The van der Waals surface area contributed by atoms with E-state index >= 15 is 0 Å². The quantitative estimate of drug-likeness (QED) is 0.804. The van der Waals surface area contributed by atoms with Crippen molar-refractivity contribution in [3.63, 3.8) is 0 Å². The van der Waals surface area contributed by atoms with Gasteiger partial charge in [-0.25, -0.2) is 0 Å². The largest absolute Gasteiger partial charge is 0.469 e. The van der Waals surface area contributed by atoms with Gasteiger partial charge in [0.2, 0.25) is 0 Å². The molecule has 1 heterocycles. The van der Waals surface area contributed by atoms with Gasteiger partial charge < -0.3 is 14.5 Å². The fourth-order valence-corrected chi connectivity index (χ4v) is 2.54. The standard InChI is InChI=1S/C13H21NO2/c1-3-14-12(10-11-6-4-9-16-11)13(15-2)7-5-8-13/h4,6,9,12,14H,3,5,7-8,10H2,1-2H3. The summed E-state index contributed by atoms with van der Waals surface area (Å²) in [6, 6.07) is 4.34. The van der Waals surface area contributed by atoms with Crippen molar-refractivity contribution in [2.45, 2.75) is 44.2 Å². The number of nitrogens with one attached hydrogen (secondary N) is 1. The molecule has 1 N–H and O–H groups in total. The first-order valence-corrected chi connectivity index (χ1v) is 6.11. The van der Waals surface area contributed by atoms with Crippen molar-refractivity contribution in [2.75, 3.05) is 13.7 Å². The molecule has 1 unspecified atom stereocenters.